The maximum Gasteiger partial charge on any atom is 0.181 e. The lowest BCUT2D eigenvalue weighted by Crippen LogP contribution is -1.87. The Morgan fingerprint density at radius 3 is 2.47 bits per heavy atom. The molecule has 1 aromatic rings. The highest BCUT2D eigenvalue weighted by atomic mass is 79.9. The van der Waals surface area contributed by atoms with Crippen LogP contribution in [-0.4, -0.2) is 5.16 Å². The molecule has 0 bridgehead atoms. The first-order valence-electron chi connectivity index (χ1n) is 5.65. The number of nitrogens with zero attached hydrogens (tertiary/aromatic N) is 1. The Balaban J connectivity index is 2.12. The fourth-order valence-corrected chi connectivity index (χ4v) is 1.89. The Morgan fingerprint density at radius 1 is 1.20 bits per heavy atom. The van der Waals surface area contributed by atoms with Gasteiger partial charge in [-0.2, -0.15) is 0 Å². The molecule has 0 saturated carbocycles. The van der Waals surface area contributed by atoms with Crippen molar-refractivity contribution >= 4 is 21.7 Å². The second kappa shape index (κ2) is 6.88. The first-order valence-corrected chi connectivity index (χ1v) is 6.44. The van der Waals surface area contributed by atoms with E-state index in [1.807, 2.05) is 0 Å². The number of aryl methyl sites for hydroxylation is 1. The van der Waals surface area contributed by atoms with E-state index in [-0.39, 0.29) is 0 Å². The van der Waals surface area contributed by atoms with Crippen molar-refractivity contribution < 1.29 is 4.52 Å². The molecule has 0 radical (unpaired) electrons. The topological polar surface area (TPSA) is 52.0 Å². The summed E-state index contributed by atoms with van der Waals surface area (Å²) in [4.78, 5) is 0. The summed E-state index contributed by atoms with van der Waals surface area (Å²) in [5.74, 6) is 1.33. The molecule has 4 heteroatoms. The maximum atomic E-state index is 5.56. The van der Waals surface area contributed by atoms with E-state index in [2.05, 4.69) is 28.0 Å². The van der Waals surface area contributed by atoms with Crippen molar-refractivity contribution in [3.05, 3.63) is 10.2 Å². The average molecular weight is 275 g/mol. The van der Waals surface area contributed by atoms with Crippen LogP contribution in [0.1, 0.15) is 51.2 Å². The zero-order valence-electron chi connectivity index (χ0n) is 9.26. The number of rotatable bonds is 7. The van der Waals surface area contributed by atoms with Gasteiger partial charge in [-0.1, -0.05) is 44.2 Å². The van der Waals surface area contributed by atoms with E-state index in [0.717, 1.165) is 23.1 Å². The van der Waals surface area contributed by atoms with Crippen LogP contribution in [0, 0.1) is 0 Å². The standard InChI is InChI=1S/C11H19BrN2O/c1-2-3-4-5-6-7-8-9-10(12)11(13)14-15-9/h2-8H2,1H3,(H2,13,14). The number of unbranched alkanes of at least 4 members (excludes halogenated alkanes) is 5. The molecule has 0 spiro atoms. The van der Waals surface area contributed by atoms with Gasteiger partial charge in [0.2, 0.25) is 0 Å². The van der Waals surface area contributed by atoms with Gasteiger partial charge in [-0.25, -0.2) is 0 Å². The number of aromatic nitrogens is 1. The minimum Gasteiger partial charge on any atom is -0.380 e. The normalized spacial score (nSPS) is 10.8. The Bertz CT molecular complexity index is 286. The molecule has 0 fully saturated rings. The Morgan fingerprint density at radius 2 is 1.87 bits per heavy atom. The molecule has 1 heterocycles. The highest BCUT2D eigenvalue weighted by molar-refractivity contribution is 9.10. The van der Waals surface area contributed by atoms with Crippen molar-refractivity contribution in [3.63, 3.8) is 0 Å². The molecule has 0 aromatic carbocycles. The molecule has 0 aliphatic rings. The number of hydrogen-bond donors (Lipinski definition) is 1. The molecule has 0 saturated heterocycles. The van der Waals surface area contributed by atoms with Gasteiger partial charge < -0.3 is 10.3 Å². The molecule has 0 unspecified atom stereocenters. The quantitative estimate of drug-likeness (QED) is 0.767. The molecule has 0 aliphatic heterocycles. The largest absolute Gasteiger partial charge is 0.380 e. The summed E-state index contributed by atoms with van der Waals surface area (Å²) in [5, 5.41) is 3.70. The summed E-state index contributed by atoms with van der Waals surface area (Å²) in [6.07, 6.45) is 8.63. The molecule has 15 heavy (non-hydrogen) atoms. The van der Waals surface area contributed by atoms with Crippen LogP contribution in [0.15, 0.2) is 9.00 Å². The summed E-state index contributed by atoms with van der Waals surface area (Å²) in [7, 11) is 0. The van der Waals surface area contributed by atoms with E-state index in [0.29, 0.717) is 5.82 Å². The molecule has 0 amide bonds. The van der Waals surface area contributed by atoms with Crippen molar-refractivity contribution in [1.82, 2.24) is 5.16 Å². The smallest absolute Gasteiger partial charge is 0.181 e. The highest BCUT2D eigenvalue weighted by Gasteiger charge is 2.09. The Labute approximate surface area is 99.5 Å². The van der Waals surface area contributed by atoms with Crippen LogP contribution in [0.3, 0.4) is 0 Å². The minimum atomic E-state index is 0.455. The van der Waals surface area contributed by atoms with E-state index < -0.39 is 0 Å². The van der Waals surface area contributed by atoms with Crippen LogP contribution in [0.5, 0.6) is 0 Å². The lowest BCUT2D eigenvalue weighted by Gasteiger charge is -1.98. The summed E-state index contributed by atoms with van der Waals surface area (Å²) < 4.78 is 5.93. The molecular weight excluding hydrogens is 256 g/mol. The Hall–Kier alpha value is -0.510. The Kier molecular flexibility index (Phi) is 5.76. The predicted molar refractivity (Wildman–Crippen MR) is 65.7 cm³/mol. The summed E-state index contributed by atoms with van der Waals surface area (Å²) >= 11 is 3.36. The lowest BCUT2D eigenvalue weighted by atomic mass is 10.1. The molecule has 1 rings (SSSR count). The molecule has 2 N–H and O–H groups in total. The van der Waals surface area contributed by atoms with Crippen LogP contribution in [0.2, 0.25) is 0 Å². The number of nitrogen functional groups attached to an aromatic ring is 1. The molecule has 1 aromatic heterocycles. The fourth-order valence-electron chi connectivity index (χ4n) is 1.55. The summed E-state index contributed by atoms with van der Waals surface area (Å²) in [6.45, 7) is 2.23. The van der Waals surface area contributed by atoms with Gasteiger partial charge in [0.05, 0.1) is 0 Å². The van der Waals surface area contributed by atoms with E-state index >= 15 is 0 Å². The van der Waals surface area contributed by atoms with Crippen LogP contribution in [-0.2, 0) is 6.42 Å². The van der Waals surface area contributed by atoms with Crippen molar-refractivity contribution in [2.24, 2.45) is 0 Å². The second-order valence-corrected chi connectivity index (χ2v) is 4.62. The van der Waals surface area contributed by atoms with E-state index in [1.165, 1.54) is 32.1 Å². The zero-order valence-corrected chi connectivity index (χ0v) is 10.8. The minimum absolute atomic E-state index is 0.455. The van der Waals surface area contributed by atoms with Crippen molar-refractivity contribution in [2.75, 3.05) is 5.73 Å². The van der Waals surface area contributed by atoms with Crippen molar-refractivity contribution in [3.8, 4) is 0 Å². The third-order valence-corrected chi connectivity index (χ3v) is 3.33. The molecule has 86 valence electrons. The van der Waals surface area contributed by atoms with E-state index in [4.69, 9.17) is 10.3 Å². The predicted octanol–water partition coefficient (Wildman–Crippen LogP) is 3.92. The average Bonchev–Trinajstić information content (AvgIpc) is 2.54. The number of anilines is 1. The second-order valence-electron chi connectivity index (χ2n) is 3.82. The number of halogens is 1. The number of nitrogens with two attached hydrogens (primary N) is 1. The van der Waals surface area contributed by atoms with Gasteiger partial charge in [-0.15, -0.1) is 0 Å². The molecular formula is C11H19BrN2O. The maximum absolute atomic E-state index is 5.56. The van der Waals surface area contributed by atoms with Crippen LogP contribution < -0.4 is 5.73 Å². The van der Waals surface area contributed by atoms with Crippen LogP contribution >= 0.6 is 15.9 Å². The van der Waals surface area contributed by atoms with Crippen molar-refractivity contribution in [2.45, 2.75) is 51.9 Å². The molecule has 3 nitrogen and oxygen atoms in total. The molecule has 0 atom stereocenters. The summed E-state index contributed by atoms with van der Waals surface area (Å²) in [6, 6.07) is 0. The van der Waals surface area contributed by atoms with Crippen LogP contribution in [0.25, 0.3) is 0 Å². The lowest BCUT2D eigenvalue weighted by molar-refractivity contribution is 0.380. The van der Waals surface area contributed by atoms with Gasteiger partial charge in [0.15, 0.2) is 11.6 Å². The van der Waals surface area contributed by atoms with Gasteiger partial charge >= 0.3 is 0 Å². The third kappa shape index (κ3) is 4.24. The number of hydrogen-bond acceptors (Lipinski definition) is 3. The van der Waals surface area contributed by atoms with Gasteiger partial charge in [0, 0.05) is 6.42 Å². The van der Waals surface area contributed by atoms with Gasteiger partial charge in [-0.3, -0.25) is 0 Å². The van der Waals surface area contributed by atoms with Gasteiger partial charge in [-0.05, 0) is 22.4 Å². The van der Waals surface area contributed by atoms with Crippen LogP contribution in [0.4, 0.5) is 5.82 Å². The molecule has 0 aliphatic carbocycles. The monoisotopic (exact) mass is 274 g/mol. The highest BCUT2D eigenvalue weighted by Crippen LogP contribution is 2.24. The fraction of sp³-hybridized carbons (Fsp3) is 0.727. The van der Waals surface area contributed by atoms with E-state index in [9.17, 15) is 0 Å². The van der Waals surface area contributed by atoms with Crippen molar-refractivity contribution in [1.29, 1.82) is 0 Å². The van der Waals surface area contributed by atoms with E-state index in [1.54, 1.807) is 0 Å². The van der Waals surface area contributed by atoms with Gasteiger partial charge in [0.25, 0.3) is 0 Å². The third-order valence-electron chi connectivity index (χ3n) is 2.48. The summed E-state index contributed by atoms with van der Waals surface area (Å²) in [5.41, 5.74) is 5.56. The zero-order chi connectivity index (χ0) is 11.1. The van der Waals surface area contributed by atoms with Gasteiger partial charge in [0.1, 0.15) is 4.47 Å². The first-order chi connectivity index (χ1) is 7.25. The SMILES string of the molecule is CCCCCCCCc1onc(N)c1Br. The first kappa shape index (κ1) is 12.6.